The predicted octanol–water partition coefficient (Wildman–Crippen LogP) is 2.61. The van der Waals surface area contributed by atoms with E-state index in [1.54, 1.807) is 18.2 Å². The monoisotopic (exact) mass is 363 g/mol. The first-order valence-corrected chi connectivity index (χ1v) is 8.80. The summed E-state index contributed by atoms with van der Waals surface area (Å²) in [5.74, 6) is 0.883. The minimum Gasteiger partial charge on any atom is -0.486 e. The molecule has 5 rings (SSSR count). The number of aromatic amines is 1. The number of nitrogens with one attached hydrogen (secondary N) is 2. The van der Waals surface area contributed by atoms with Crippen LogP contribution in [0.25, 0.3) is 10.9 Å². The number of urea groups is 1. The molecule has 136 valence electrons. The van der Waals surface area contributed by atoms with Crippen molar-refractivity contribution < 1.29 is 19.1 Å². The lowest BCUT2D eigenvalue weighted by Crippen LogP contribution is -2.32. The van der Waals surface area contributed by atoms with Crippen LogP contribution >= 0.6 is 0 Å². The van der Waals surface area contributed by atoms with E-state index in [9.17, 15) is 9.59 Å². The van der Waals surface area contributed by atoms with Crippen LogP contribution in [0.5, 0.6) is 11.5 Å². The molecular formula is C20H17N3O4. The number of carbonyl (C=O) groups excluding carboxylic acids is 2. The molecule has 3 aromatic rings. The summed E-state index contributed by atoms with van der Waals surface area (Å²) < 4.78 is 11.1. The van der Waals surface area contributed by atoms with Gasteiger partial charge in [0.2, 0.25) is 0 Å². The van der Waals surface area contributed by atoms with Crippen molar-refractivity contribution in [2.24, 2.45) is 0 Å². The summed E-state index contributed by atoms with van der Waals surface area (Å²) in [6.45, 7) is 0.932. The summed E-state index contributed by atoms with van der Waals surface area (Å²) in [4.78, 5) is 29.7. The molecule has 1 saturated heterocycles. The maximum Gasteiger partial charge on any atom is 0.329 e. The molecule has 0 spiro atoms. The maximum absolute atomic E-state index is 12.9. The van der Waals surface area contributed by atoms with Gasteiger partial charge in [-0.2, -0.15) is 0 Å². The number of carbonyl (C=O) groups is 2. The Morgan fingerprint density at radius 3 is 2.74 bits per heavy atom. The topological polar surface area (TPSA) is 83.7 Å². The Morgan fingerprint density at radius 2 is 1.85 bits per heavy atom. The molecule has 27 heavy (non-hydrogen) atoms. The summed E-state index contributed by atoms with van der Waals surface area (Å²) >= 11 is 0. The first kappa shape index (κ1) is 15.7. The number of anilines is 1. The van der Waals surface area contributed by atoms with Crippen LogP contribution in [-0.4, -0.2) is 36.2 Å². The standard InChI is InChI=1S/C20H17N3O4/c24-19-16(9-12-11-21-15-4-2-1-3-14(12)15)22-20(25)23(19)13-5-6-17-18(10-13)27-8-7-26-17/h1-6,10-11,16,21H,7-9H2,(H,22,25)/t16-/m1/s1. The summed E-state index contributed by atoms with van der Waals surface area (Å²) in [5, 5.41) is 3.84. The lowest BCUT2D eigenvalue weighted by atomic mass is 10.0. The van der Waals surface area contributed by atoms with Crippen molar-refractivity contribution in [3.05, 3.63) is 54.2 Å². The van der Waals surface area contributed by atoms with Gasteiger partial charge >= 0.3 is 6.03 Å². The van der Waals surface area contributed by atoms with Gasteiger partial charge in [0.15, 0.2) is 11.5 Å². The lowest BCUT2D eigenvalue weighted by Gasteiger charge is -2.20. The lowest BCUT2D eigenvalue weighted by molar-refractivity contribution is -0.118. The Bertz CT molecular complexity index is 1060. The highest BCUT2D eigenvalue weighted by Gasteiger charge is 2.39. The van der Waals surface area contributed by atoms with Gasteiger partial charge in [-0.3, -0.25) is 4.79 Å². The second-order valence-corrected chi connectivity index (χ2v) is 6.57. The van der Waals surface area contributed by atoms with Crippen molar-refractivity contribution in [2.75, 3.05) is 18.1 Å². The van der Waals surface area contributed by atoms with Crippen LogP contribution in [-0.2, 0) is 11.2 Å². The van der Waals surface area contributed by atoms with Crippen molar-refractivity contribution >= 4 is 28.5 Å². The number of fused-ring (bicyclic) bond motifs is 2. The molecule has 7 nitrogen and oxygen atoms in total. The minimum absolute atomic E-state index is 0.276. The zero-order valence-electron chi connectivity index (χ0n) is 14.4. The molecule has 0 aliphatic carbocycles. The van der Waals surface area contributed by atoms with Crippen molar-refractivity contribution in [3.8, 4) is 11.5 Å². The summed E-state index contributed by atoms with van der Waals surface area (Å²) in [5.41, 5.74) is 2.48. The van der Waals surface area contributed by atoms with Crippen LogP contribution in [0.3, 0.4) is 0 Å². The maximum atomic E-state index is 12.9. The van der Waals surface area contributed by atoms with E-state index in [1.165, 1.54) is 0 Å². The van der Waals surface area contributed by atoms with E-state index in [4.69, 9.17) is 9.47 Å². The number of imide groups is 1. The van der Waals surface area contributed by atoms with Crippen LogP contribution in [0.4, 0.5) is 10.5 Å². The first-order chi connectivity index (χ1) is 13.2. The third kappa shape index (κ3) is 2.59. The van der Waals surface area contributed by atoms with Gasteiger partial charge in [0.25, 0.3) is 5.91 Å². The Balaban J connectivity index is 1.42. The Hall–Kier alpha value is -3.48. The molecule has 1 fully saturated rings. The fraction of sp³-hybridized carbons (Fsp3) is 0.200. The highest BCUT2D eigenvalue weighted by molar-refractivity contribution is 6.21. The summed E-state index contributed by atoms with van der Waals surface area (Å²) in [6, 6.07) is 11.9. The van der Waals surface area contributed by atoms with Gasteiger partial charge in [-0.25, -0.2) is 9.69 Å². The van der Waals surface area contributed by atoms with Crippen LogP contribution in [0.15, 0.2) is 48.7 Å². The summed E-state index contributed by atoms with van der Waals surface area (Å²) in [6.07, 6.45) is 2.31. The molecule has 2 N–H and O–H groups in total. The van der Waals surface area contributed by atoms with E-state index in [0.29, 0.717) is 36.8 Å². The van der Waals surface area contributed by atoms with Crippen molar-refractivity contribution in [3.63, 3.8) is 0 Å². The molecule has 2 aliphatic rings. The van der Waals surface area contributed by atoms with Gasteiger partial charge in [-0.1, -0.05) is 18.2 Å². The quantitative estimate of drug-likeness (QED) is 0.701. The number of nitrogens with zero attached hydrogens (tertiary/aromatic N) is 1. The number of para-hydroxylation sites is 1. The highest BCUT2D eigenvalue weighted by Crippen LogP contribution is 2.35. The van der Waals surface area contributed by atoms with Crippen LogP contribution < -0.4 is 19.7 Å². The minimum atomic E-state index is -0.607. The third-order valence-corrected chi connectivity index (χ3v) is 4.90. The molecular weight excluding hydrogens is 346 g/mol. The molecule has 0 bridgehead atoms. The number of benzene rings is 2. The van der Waals surface area contributed by atoms with Crippen molar-refractivity contribution in [1.82, 2.24) is 10.3 Å². The van der Waals surface area contributed by atoms with E-state index in [-0.39, 0.29) is 5.91 Å². The number of ether oxygens (including phenoxy) is 2. The zero-order chi connectivity index (χ0) is 18.4. The molecule has 0 radical (unpaired) electrons. The Kier molecular flexibility index (Phi) is 3.53. The van der Waals surface area contributed by atoms with Gasteiger partial charge in [0.1, 0.15) is 19.3 Å². The largest absolute Gasteiger partial charge is 0.486 e. The number of H-pyrrole nitrogens is 1. The fourth-order valence-corrected chi connectivity index (χ4v) is 3.61. The molecule has 1 atom stereocenters. The van der Waals surface area contributed by atoms with E-state index in [0.717, 1.165) is 21.4 Å². The van der Waals surface area contributed by atoms with Crippen LogP contribution in [0.2, 0.25) is 0 Å². The molecule has 1 aromatic heterocycles. The average molecular weight is 363 g/mol. The molecule has 2 aliphatic heterocycles. The van der Waals surface area contributed by atoms with Gasteiger partial charge in [0.05, 0.1) is 5.69 Å². The predicted molar refractivity (Wildman–Crippen MR) is 99.2 cm³/mol. The molecule has 0 unspecified atom stereocenters. The van der Waals surface area contributed by atoms with Gasteiger partial charge in [-0.05, 0) is 23.8 Å². The normalized spacial score (nSPS) is 18.8. The molecule has 2 aromatic carbocycles. The fourth-order valence-electron chi connectivity index (χ4n) is 3.61. The van der Waals surface area contributed by atoms with Crippen LogP contribution in [0, 0.1) is 0 Å². The molecule has 0 saturated carbocycles. The number of aromatic nitrogens is 1. The zero-order valence-corrected chi connectivity index (χ0v) is 14.4. The van der Waals surface area contributed by atoms with E-state index in [1.807, 2.05) is 30.5 Å². The number of amides is 3. The smallest absolute Gasteiger partial charge is 0.329 e. The van der Waals surface area contributed by atoms with E-state index >= 15 is 0 Å². The molecule has 3 heterocycles. The highest BCUT2D eigenvalue weighted by atomic mass is 16.6. The SMILES string of the molecule is O=C1N[C@H](Cc2c[nH]c3ccccc23)C(=O)N1c1ccc2c(c1)OCCO2. The van der Waals surface area contributed by atoms with E-state index in [2.05, 4.69) is 10.3 Å². The molecule has 3 amide bonds. The van der Waals surface area contributed by atoms with Gasteiger partial charge in [-0.15, -0.1) is 0 Å². The van der Waals surface area contributed by atoms with Gasteiger partial charge in [0, 0.05) is 29.6 Å². The Morgan fingerprint density at radius 1 is 1.04 bits per heavy atom. The number of hydrogen-bond acceptors (Lipinski definition) is 4. The average Bonchev–Trinajstić information content (AvgIpc) is 3.22. The third-order valence-electron chi connectivity index (χ3n) is 4.90. The number of hydrogen-bond donors (Lipinski definition) is 2. The van der Waals surface area contributed by atoms with Crippen LogP contribution in [0.1, 0.15) is 5.56 Å². The Labute approximate surface area is 154 Å². The number of rotatable bonds is 3. The van der Waals surface area contributed by atoms with Crippen molar-refractivity contribution in [1.29, 1.82) is 0 Å². The summed E-state index contributed by atoms with van der Waals surface area (Å²) in [7, 11) is 0. The first-order valence-electron chi connectivity index (χ1n) is 8.80. The van der Waals surface area contributed by atoms with E-state index < -0.39 is 12.1 Å². The van der Waals surface area contributed by atoms with Crippen molar-refractivity contribution in [2.45, 2.75) is 12.5 Å². The second-order valence-electron chi connectivity index (χ2n) is 6.57. The second kappa shape index (κ2) is 6.05. The molecule has 7 heteroatoms. The van der Waals surface area contributed by atoms with Gasteiger partial charge < -0.3 is 19.8 Å².